The van der Waals surface area contributed by atoms with Gasteiger partial charge in [0.2, 0.25) is 5.91 Å². The molecule has 0 spiro atoms. The van der Waals surface area contributed by atoms with Gasteiger partial charge in [-0.15, -0.1) is 0 Å². The number of nitrogens with one attached hydrogen (secondary N) is 2. The highest BCUT2D eigenvalue weighted by Crippen LogP contribution is 2.15. The van der Waals surface area contributed by atoms with Gasteiger partial charge in [0.05, 0.1) is 6.42 Å². The van der Waals surface area contributed by atoms with Gasteiger partial charge in [-0.2, -0.15) is 8.78 Å². The number of carbonyl (C=O) groups excluding carboxylic acids is 2. The third kappa shape index (κ3) is 6.68. The molecule has 8 heteroatoms. The van der Waals surface area contributed by atoms with E-state index in [-0.39, 0.29) is 37.1 Å². The molecule has 2 N–H and O–H groups in total. The number of hydrogen-bond acceptors (Lipinski definition) is 3. The third-order valence-electron chi connectivity index (χ3n) is 3.35. The van der Waals surface area contributed by atoms with Crippen LogP contribution >= 0.6 is 11.6 Å². The standard InChI is InChI=1S/C18H17ClF2N2O3/c19-14-5-3-13(4-6-14)17(25)23-10-9-22-16(24)11-12-1-7-15(8-2-12)26-18(20)21/h1-8,18H,9-11H2,(H,22,24)(H,23,25). The summed E-state index contributed by atoms with van der Waals surface area (Å²) in [6.45, 7) is -2.34. The first-order chi connectivity index (χ1) is 12.4. The highest BCUT2D eigenvalue weighted by Gasteiger charge is 2.07. The Hall–Kier alpha value is -2.67. The second kappa shape index (κ2) is 9.72. The van der Waals surface area contributed by atoms with E-state index in [4.69, 9.17) is 11.6 Å². The summed E-state index contributed by atoms with van der Waals surface area (Å²) in [5, 5.41) is 5.89. The monoisotopic (exact) mass is 382 g/mol. The van der Waals surface area contributed by atoms with E-state index in [1.807, 2.05) is 0 Å². The van der Waals surface area contributed by atoms with E-state index < -0.39 is 6.61 Å². The predicted octanol–water partition coefficient (Wildman–Crippen LogP) is 3.03. The van der Waals surface area contributed by atoms with Crippen molar-refractivity contribution >= 4 is 23.4 Å². The van der Waals surface area contributed by atoms with Crippen LogP contribution in [-0.2, 0) is 11.2 Å². The number of ether oxygens (including phenoxy) is 1. The number of carbonyl (C=O) groups is 2. The molecule has 0 bridgehead atoms. The number of amides is 2. The first kappa shape index (κ1) is 19.7. The van der Waals surface area contributed by atoms with Crippen molar-refractivity contribution in [2.75, 3.05) is 13.1 Å². The summed E-state index contributed by atoms with van der Waals surface area (Å²) in [4.78, 5) is 23.7. The van der Waals surface area contributed by atoms with Gasteiger partial charge in [-0.1, -0.05) is 23.7 Å². The summed E-state index contributed by atoms with van der Waals surface area (Å²) in [5.74, 6) is -0.465. The van der Waals surface area contributed by atoms with E-state index in [1.54, 1.807) is 36.4 Å². The van der Waals surface area contributed by atoms with E-state index in [0.29, 0.717) is 16.1 Å². The fraction of sp³-hybridized carbons (Fsp3) is 0.222. The molecule has 0 aliphatic rings. The molecule has 0 aliphatic heterocycles. The van der Waals surface area contributed by atoms with Gasteiger partial charge >= 0.3 is 6.61 Å². The Balaban J connectivity index is 1.68. The zero-order valence-corrected chi connectivity index (χ0v) is 14.4. The second-order valence-corrected chi connectivity index (χ2v) is 5.75. The van der Waals surface area contributed by atoms with Crippen molar-refractivity contribution in [2.24, 2.45) is 0 Å². The van der Waals surface area contributed by atoms with Crippen LogP contribution in [0.3, 0.4) is 0 Å². The molecule has 2 aromatic carbocycles. The Kier molecular flexibility index (Phi) is 7.35. The molecule has 2 rings (SSSR count). The van der Waals surface area contributed by atoms with Gasteiger partial charge in [-0.25, -0.2) is 0 Å². The molecule has 0 unspecified atom stereocenters. The molecule has 0 atom stereocenters. The van der Waals surface area contributed by atoms with Crippen LogP contribution in [-0.4, -0.2) is 31.5 Å². The first-order valence-electron chi connectivity index (χ1n) is 7.78. The van der Waals surface area contributed by atoms with Gasteiger partial charge in [0.25, 0.3) is 5.91 Å². The lowest BCUT2D eigenvalue weighted by Crippen LogP contribution is -2.35. The van der Waals surface area contributed by atoms with Crippen molar-refractivity contribution in [1.29, 1.82) is 0 Å². The number of hydrogen-bond donors (Lipinski definition) is 2. The second-order valence-electron chi connectivity index (χ2n) is 5.31. The van der Waals surface area contributed by atoms with Crippen molar-refractivity contribution < 1.29 is 23.1 Å². The largest absolute Gasteiger partial charge is 0.435 e. The first-order valence-corrected chi connectivity index (χ1v) is 8.16. The van der Waals surface area contributed by atoms with E-state index >= 15 is 0 Å². The van der Waals surface area contributed by atoms with Crippen LogP contribution < -0.4 is 15.4 Å². The van der Waals surface area contributed by atoms with Crippen molar-refractivity contribution in [3.63, 3.8) is 0 Å². The summed E-state index contributed by atoms with van der Waals surface area (Å²) < 4.78 is 28.4. The number of benzene rings is 2. The lowest BCUT2D eigenvalue weighted by atomic mass is 10.1. The summed E-state index contributed by atoms with van der Waals surface area (Å²) in [7, 11) is 0. The minimum atomic E-state index is -2.88. The minimum absolute atomic E-state index is 0.0362. The zero-order valence-electron chi connectivity index (χ0n) is 13.7. The van der Waals surface area contributed by atoms with Crippen LogP contribution in [0.1, 0.15) is 15.9 Å². The Morgan fingerprint density at radius 2 is 1.58 bits per heavy atom. The molecule has 5 nitrogen and oxygen atoms in total. The normalized spacial score (nSPS) is 10.5. The quantitative estimate of drug-likeness (QED) is 0.690. The predicted molar refractivity (Wildman–Crippen MR) is 93.6 cm³/mol. The Morgan fingerprint density at radius 1 is 0.962 bits per heavy atom. The van der Waals surface area contributed by atoms with E-state index in [2.05, 4.69) is 15.4 Å². The number of alkyl halides is 2. The third-order valence-corrected chi connectivity index (χ3v) is 3.60. The van der Waals surface area contributed by atoms with Gasteiger partial charge in [0.1, 0.15) is 5.75 Å². The fourth-order valence-corrected chi connectivity index (χ4v) is 2.24. The average molecular weight is 383 g/mol. The van der Waals surface area contributed by atoms with Gasteiger partial charge < -0.3 is 15.4 Å². The van der Waals surface area contributed by atoms with Crippen LogP contribution in [0.5, 0.6) is 5.75 Å². The summed E-state index contributed by atoms with van der Waals surface area (Å²) in [6, 6.07) is 12.3. The van der Waals surface area contributed by atoms with E-state index in [9.17, 15) is 18.4 Å². The van der Waals surface area contributed by atoms with Crippen LogP contribution in [0, 0.1) is 0 Å². The van der Waals surface area contributed by atoms with Crippen LogP contribution in [0.15, 0.2) is 48.5 Å². The molecular formula is C18H17ClF2N2O3. The Labute approximate surface area is 154 Å². The van der Waals surface area contributed by atoms with Crippen molar-refractivity contribution in [1.82, 2.24) is 10.6 Å². The maximum Gasteiger partial charge on any atom is 0.387 e. The molecule has 2 aromatic rings. The lowest BCUT2D eigenvalue weighted by Gasteiger charge is -2.08. The molecule has 0 radical (unpaired) electrons. The molecule has 26 heavy (non-hydrogen) atoms. The van der Waals surface area contributed by atoms with Gasteiger partial charge in [-0.3, -0.25) is 9.59 Å². The molecule has 0 heterocycles. The summed E-state index contributed by atoms with van der Waals surface area (Å²) in [5.41, 5.74) is 1.14. The Morgan fingerprint density at radius 3 is 2.19 bits per heavy atom. The Bertz CT molecular complexity index is 737. The molecule has 0 saturated heterocycles. The summed E-state index contributed by atoms with van der Waals surface area (Å²) in [6.07, 6.45) is 0.0973. The fourth-order valence-electron chi connectivity index (χ4n) is 2.12. The van der Waals surface area contributed by atoms with E-state index in [0.717, 1.165) is 0 Å². The highest BCUT2D eigenvalue weighted by atomic mass is 35.5. The molecule has 2 amide bonds. The molecule has 0 aromatic heterocycles. The van der Waals surface area contributed by atoms with Gasteiger partial charge in [-0.05, 0) is 42.0 Å². The van der Waals surface area contributed by atoms with Crippen LogP contribution in [0.4, 0.5) is 8.78 Å². The highest BCUT2D eigenvalue weighted by molar-refractivity contribution is 6.30. The maximum atomic E-state index is 12.1. The zero-order chi connectivity index (χ0) is 18.9. The smallest absolute Gasteiger partial charge is 0.387 e. The molecule has 0 saturated carbocycles. The van der Waals surface area contributed by atoms with Crippen molar-refractivity contribution in [2.45, 2.75) is 13.0 Å². The van der Waals surface area contributed by atoms with Crippen molar-refractivity contribution in [3.05, 3.63) is 64.7 Å². The van der Waals surface area contributed by atoms with Crippen LogP contribution in [0.25, 0.3) is 0 Å². The topological polar surface area (TPSA) is 67.4 Å². The van der Waals surface area contributed by atoms with Crippen LogP contribution in [0.2, 0.25) is 5.02 Å². The summed E-state index contributed by atoms with van der Waals surface area (Å²) >= 11 is 5.76. The molecule has 0 aliphatic carbocycles. The molecule has 138 valence electrons. The SMILES string of the molecule is O=C(Cc1ccc(OC(F)F)cc1)NCCNC(=O)c1ccc(Cl)cc1. The number of rotatable bonds is 8. The minimum Gasteiger partial charge on any atom is -0.435 e. The van der Waals surface area contributed by atoms with E-state index in [1.165, 1.54) is 12.1 Å². The molecule has 0 fully saturated rings. The maximum absolute atomic E-state index is 12.1. The van der Waals surface area contributed by atoms with Crippen molar-refractivity contribution in [3.8, 4) is 5.75 Å². The number of halogens is 3. The lowest BCUT2D eigenvalue weighted by molar-refractivity contribution is -0.120. The molecular weight excluding hydrogens is 366 g/mol. The van der Waals surface area contributed by atoms with Gasteiger partial charge in [0, 0.05) is 23.7 Å². The average Bonchev–Trinajstić information content (AvgIpc) is 2.60. The van der Waals surface area contributed by atoms with Gasteiger partial charge in [0.15, 0.2) is 0 Å².